The third-order valence-corrected chi connectivity index (χ3v) is 5.47. The Kier molecular flexibility index (Phi) is 18.5. The van der Waals surface area contributed by atoms with E-state index in [1.54, 1.807) is 0 Å². The van der Waals surface area contributed by atoms with Gasteiger partial charge < -0.3 is 9.80 Å². The Labute approximate surface area is 176 Å². The van der Waals surface area contributed by atoms with Crippen molar-refractivity contribution in [2.75, 3.05) is 33.7 Å². The lowest BCUT2D eigenvalue weighted by molar-refractivity contribution is -0.888. The summed E-state index contributed by atoms with van der Waals surface area (Å²) < 4.78 is 1.03. The third-order valence-electron chi connectivity index (χ3n) is 5.47. The van der Waals surface area contributed by atoms with Crippen LogP contribution in [-0.2, 0) is 4.79 Å². The zero-order chi connectivity index (χ0) is 20.9. The number of rotatable bonds is 19. The first-order valence-corrected chi connectivity index (χ1v) is 11.9. The highest BCUT2D eigenvalue weighted by Gasteiger charge is 2.10. The van der Waals surface area contributed by atoms with Crippen molar-refractivity contribution < 1.29 is 9.28 Å². The van der Waals surface area contributed by atoms with Crippen LogP contribution in [0.3, 0.4) is 0 Å². The standard InChI is InChI=1S/C25H48N2O/c1-5-7-8-9-10-11-12-13-14-15-16-17-18-19-20-22-25(28)26-23-21-24-27(3,4)6-2/h10-11,13-14H,5-9,12,15-24H2,1-4H3/p+1. The van der Waals surface area contributed by atoms with E-state index < -0.39 is 0 Å². The lowest BCUT2D eigenvalue weighted by Gasteiger charge is -2.28. The quantitative estimate of drug-likeness (QED) is 0.153. The Bertz CT molecular complexity index is 413. The summed E-state index contributed by atoms with van der Waals surface area (Å²) in [5.74, 6) is 0.229. The molecule has 1 amide bonds. The molecule has 0 heterocycles. The van der Waals surface area contributed by atoms with Crippen molar-refractivity contribution in [3.63, 3.8) is 0 Å². The largest absolute Gasteiger partial charge is 0.356 e. The molecular formula is C25H49N2O+. The molecule has 164 valence electrons. The Morgan fingerprint density at radius 2 is 1.39 bits per heavy atom. The van der Waals surface area contributed by atoms with Gasteiger partial charge in [-0.15, -0.1) is 0 Å². The predicted molar refractivity (Wildman–Crippen MR) is 125 cm³/mol. The molecule has 1 N–H and O–H groups in total. The molecule has 0 aliphatic heterocycles. The summed E-state index contributed by atoms with van der Waals surface area (Å²) in [7, 11) is 4.48. The van der Waals surface area contributed by atoms with Crippen molar-refractivity contribution in [3.05, 3.63) is 24.3 Å². The van der Waals surface area contributed by atoms with Gasteiger partial charge in [-0.1, -0.05) is 63.3 Å². The van der Waals surface area contributed by atoms with Gasteiger partial charge in [-0.3, -0.25) is 4.79 Å². The molecule has 0 aliphatic rings. The maximum atomic E-state index is 11.8. The molecule has 0 spiro atoms. The van der Waals surface area contributed by atoms with Gasteiger partial charge in [0.2, 0.25) is 5.91 Å². The fraction of sp³-hybridized carbons (Fsp3) is 0.800. The number of nitrogens with one attached hydrogen (secondary N) is 1. The molecule has 0 fully saturated rings. The van der Waals surface area contributed by atoms with Crippen LogP contribution < -0.4 is 5.32 Å². The lowest BCUT2D eigenvalue weighted by atomic mass is 10.1. The van der Waals surface area contributed by atoms with Gasteiger partial charge in [-0.05, 0) is 45.4 Å². The second-order valence-corrected chi connectivity index (χ2v) is 8.66. The average Bonchev–Trinajstić information content (AvgIpc) is 2.68. The molecule has 0 rings (SSSR count). The number of hydrogen-bond donors (Lipinski definition) is 1. The first-order valence-electron chi connectivity index (χ1n) is 11.9. The summed E-state index contributed by atoms with van der Waals surface area (Å²) in [6.45, 7) is 7.55. The fourth-order valence-electron chi connectivity index (χ4n) is 3.08. The molecule has 0 bridgehead atoms. The second-order valence-electron chi connectivity index (χ2n) is 8.66. The van der Waals surface area contributed by atoms with E-state index in [-0.39, 0.29) is 5.91 Å². The van der Waals surface area contributed by atoms with Crippen LogP contribution in [0.4, 0.5) is 0 Å². The van der Waals surface area contributed by atoms with E-state index in [2.05, 4.69) is 57.6 Å². The van der Waals surface area contributed by atoms with Crippen LogP contribution in [0.1, 0.15) is 97.3 Å². The number of amides is 1. The lowest BCUT2D eigenvalue weighted by Crippen LogP contribution is -2.41. The van der Waals surface area contributed by atoms with Gasteiger partial charge in [0.15, 0.2) is 0 Å². The van der Waals surface area contributed by atoms with E-state index in [1.165, 1.54) is 57.8 Å². The molecular weight excluding hydrogens is 344 g/mol. The molecule has 0 saturated heterocycles. The first-order chi connectivity index (χ1) is 13.5. The van der Waals surface area contributed by atoms with Crippen LogP contribution in [0.5, 0.6) is 0 Å². The van der Waals surface area contributed by atoms with Gasteiger partial charge >= 0.3 is 0 Å². The number of carbonyl (C=O) groups excluding carboxylic acids is 1. The number of carbonyl (C=O) groups is 1. The zero-order valence-electron chi connectivity index (χ0n) is 19.5. The minimum absolute atomic E-state index is 0.229. The number of allylic oxidation sites excluding steroid dienone is 4. The van der Waals surface area contributed by atoms with Gasteiger partial charge in [0.1, 0.15) is 0 Å². The van der Waals surface area contributed by atoms with Crippen LogP contribution in [0.25, 0.3) is 0 Å². The molecule has 0 aromatic rings. The number of hydrogen-bond acceptors (Lipinski definition) is 1. The Balaban J connectivity index is 3.36. The Hall–Kier alpha value is -1.09. The predicted octanol–water partition coefficient (Wildman–Crippen LogP) is 6.40. The first kappa shape index (κ1) is 26.9. The molecule has 0 aromatic heterocycles. The van der Waals surface area contributed by atoms with E-state index >= 15 is 0 Å². The fourth-order valence-corrected chi connectivity index (χ4v) is 3.08. The van der Waals surface area contributed by atoms with Crippen LogP contribution in [0.2, 0.25) is 0 Å². The van der Waals surface area contributed by atoms with Gasteiger partial charge in [0.05, 0.1) is 27.2 Å². The summed E-state index contributed by atoms with van der Waals surface area (Å²) in [6, 6.07) is 0. The molecule has 0 saturated carbocycles. The summed E-state index contributed by atoms with van der Waals surface area (Å²) >= 11 is 0. The van der Waals surface area contributed by atoms with Crippen LogP contribution >= 0.6 is 0 Å². The normalized spacial score (nSPS) is 12.3. The average molecular weight is 394 g/mol. The maximum absolute atomic E-state index is 11.8. The number of unbranched alkanes of at least 4 members (excludes halogenated alkanes) is 8. The molecule has 0 unspecified atom stereocenters. The highest BCUT2D eigenvalue weighted by molar-refractivity contribution is 5.75. The summed E-state index contributed by atoms with van der Waals surface area (Å²) in [5, 5.41) is 3.07. The van der Waals surface area contributed by atoms with E-state index in [1.807, 2.05) is 0 Å². The second kappa shape index (κ2) is 19.2. The molecule has 0 radical (unpaired) electrons. The van der Waals surface area contributed by atoms with E-state index in [0.29, 0.717) is 6.42 Å². The summed E-state index contributed by atoms with van der Waals surface area (Å²) in [6.07, 6.45) is 24.5. The van der Waals surface area contributed by atoms with Crippen molar-refractivity contribution in [3.8, 4) is 0 Å². The minimum atomic E-state index is 0.229. The van der Waals surface area contributed by atoms with Crippen LogP contribution in [0, 0.1) is 0 Å². The third kappa shape index (κ3) is 19.7. The van der Waals surface area contributed by atoms with Crippen molar-refractivity contribution in [1.82, 2.24) is 5.32 Å². The highest BCUT2D eigenvalue weighted by Crippen LogP contribution is 2.08. The van der Waals surface area contributed by atoms with Gasteiger partial charge in [0, 0.05) is 19.4 Å². The van der Waals surface area contributed by atoms with Crippen molar-refractivity contribution >= 4 is 5.91 Å². The van der Waals surface area contributed by atoms with E-state index in [4.69, 9.17) is 0 Å². The maximum Gasteiger partial charge on any atom is 0.219 e. The molecule has 0 atom stereocenters. The SMILES string of the molecule is CCCCCC=CCC=CCCCCCCCC(=O)NCCC[N+](C)(C)CC. The molecule has 3 nitrogen and oxygen atoms in total. The van der Waals surface area contributed by atoms with Gasteiger partial charge in [-0.2, -0.15) is 0 Å². The van der Waals surface area contributed by atoms with Crippen LogP contribution in [-0.4, -0.2) is 44.1 Å². The Morgan fingerprint density at radius 3 is 2.04 bits per heavy atom. The summed E-state index contributed by atoms with van der Waals surface area (Å²) in [4.78, 5) is 11.8. The van der Waals surface area contributed by atoms with Gasteiger partial charge in [-0.25, -0.2) is 0 Å². The van der Waals surface area contributed by atoms with Gasteiger partial charge in [0.25, 0.3) is 0 Å². The van der Waals surface area contributed by atoms with Crippen molar-refractivity contribution in [2.45, 2.75) is 97.3 Å². The summed E-state index contributed by atoms with van der Waals surface area (Å²) in [5.41, 5.74) is 0. The molecule has 0 aromatic carbocycles. The smallest absolute Gasteiger partial charge is 0.219 e. The van der Waals surface area contributed by atoms with E-state index in [0.717, 1.165) is 43.4 Å². The van der Waals surface area contributed by atoms with Crippen LogP contribution in [0.15, 0.2) is 24.3 Å². The van der Waals surface area contributed by atoms with Crippen molar-refractivity contribution in [2.24, 2.45) is 0 Å². The Morgan fingerprint density at radius 1 is 0.786 bits per heavy atom. The topological polar surface area (TPSA) is 29.1 Å². The number of quaternary nitrogens is 1. The monoisotopic (exact) mass is 393 g/mol. The van der Waals surface area contributed by atoms with E-state index in [9.17, 15) is 4.79 Å². The molecule has 3 heteroatoms. The zero-order valence-corrected chi connectivity index (χ0v) is 19.5. The minimum Gasteiger partial charge on any atom is -0.356 e. The van der Waals surface area contributed by atoms with Crippen molar-refractivity contribution in [1.29, 1.82) is 0 Å². The highest BCUT2D eigenvalue weighted by atomic mass is 16.1. The molecule has 28 heavy (non-hydrogen) atoms. The number of nitrogens with zero attached hydrogens (tertiary/aromatic N) is 1. The molecule has 0 aliphatic carbocycles.